The molecular formula is C22H28Cl2N2O. The third kappa shape index (κ3) is 9.94. The first-order valence-corrected chi connectivity index (χ1v) is 8.45. The van der Waals surface area contributed by atoms with Crippen molar-refractivity contribution in [2.75, 3.05) is 18.5 Å². The Labute approximate surface area is 175 Å². The summed E-state index contributed by atoms with van der Waals surface area (Å²) in [7, 11) is 2.00. The van der Waals surface area contributed by atoms with E-state index in [2.05, 4.69) is 54.6 Å². The molecule has 1 heterocycles. The van der Waals surface area contributed by atoms with Crippen molar-refractivity contribution in [3.8, 4) is 11.8 Å². The molecule has 0 aliphatic rings. The molecule has 0 fully saturated rings. The van der Waals surface area contributed by atoms with Gasteiger partial charge in [0, 0.05) is 24.7 Å². The number of hydrogen-bond acceptors (Lipinski definition) is 3. The predicted molar refractivity (Wildman–Crippen MR) is 119 cm³/mol. The summed E-state index contributed by atoms with van der Waals surface area (Å²) in [5.41, 5.74) is 1.10. The standard InChI is InChI=1S/C22H26N2O.2ClH/c1-22(2,3)15-10-13-20(25-18-19-11-6-5-7-12-19)17-24(4)21-14-8-9-16-23-21;;/h5-9,11-14,16H,17-18H2,1-4H3;2*1H/b20-13+;;. The van der Waals surface area contributed by atoms with Gasteiger partial charge in [0.25, 0.3) is 0 Å². The second-order valence-corrected chi connectivity index (χ2v) is 6.95. The Morgan fingerprint density at radius 3 is 2.33 bits per heavy atom. The zero-order chi connectivity index (χ0) is 18.1. The molecule has 0 radical (unpaired) electrons. The van der Waals surface area contributed by atoms with Gasteiger partial charge in [0.15, 0.2) is 0 Å². The Morgan fingerprint density at radius 1 is 1.07 bits per heavy atom. The second kappa shape index (κ2) is 12.3. The van der Waals surface area contributed by atoms with Crippen molar-refractivity contribution in [2.45, 2.75) is 27.4 Å². The smallest absolute Gasteiger partial charge is 0.128 e. The average Bonchev–Trinajstić information content (AvgIpc) is 2.60. The van der Waals surface area contributed by atoms with E-state index in [9.17, 15) is 0 Å². The van der Waals surface area contributed by atoms with Gasteiger partial charge in [0.2, 0.25) is 0 Å². The summed E-state index contributed by atoms with van der Waals surface area (Å²) in [5.74, 6) is 8.09. The molecule has 3 nitrogen and oxygen atoms in total. The van der Waals surface area contributed by atoms with Gasteiger partial charge in [0.1, 0.15) is 18.2 Å². The van der Waals surface area contributed by atoms with Gasteiger partial charge in [-0.2, -0.15) is 0 Å². The van der Waals surface area contributed by atoms with Crippen molar-refractivity contribution in [2.24, 2.45) is 5.41 Å². The monoisotopic (exact) mass is 406 g/mol. The molecule has 27 heavy (non-hydrogen) atoms. The highest BCUT2D eigenvalue weighted by molar-refractivity contribution is 5.85. The van der Waals surface area contributed by atoms with Crippen LogP contribution in [0.1, 0.15) is 26.3 Å². The molecule has 0 N–H and O–H groups in total. The topological polar surface area (TPSA) is 25.4 Å². The number of rotatable bonds is 6. The number of nitrogens with zero attached hydrogens (tertiary/aromatic N) is 2. The van der Waals surface area contributed by atoms with Crippen molar-refractivity contribution in [1.82, 2.24) is 4.98 Å². The Kier molecular flexibility index (Phi) is 11.3. The lowest BCUT2D eigenvalue weighted by molar-refractivity contribution is 0.195. The van der Waals surface area contributed by atoms with Crippen molar-refractivity contribution in [3.05, 3.63) is 72.1 Å². The number of pyridine rings is 1. The molecule has 0 amide bonds. The maximum Gasteiger partial charge on any atom is 0.128 e. The molecule has 1 aromatic carbocycles. The van der Waals surface area contributed by atoms with Crippen molar-refractivity contribution < 1.29 is 4.74 Å². The Bertz CT molecular complexity index is 745. The van der Waals surface area contributed by atoms with E-state index in [1.165, 1.54) is 0 Å². The lowest BCUT2D eigenvalue weighted by Gasteiger charge is -2.20. The van der Waals surface area contributed by atoms with Gasteiger partial charge in [-0.25, -0.2) is 4.98 Å². The fourth-order valence-corrected chi connectivity index (χ4v) is 2.11. The summed E-state index contributed by atoms with van der Waals surface area (Å²) >= 11 is 0. The molecule has 146 valence electrons. The molecule has 0 aliphatic heterocycles. The summed E-state index contributed by atoms with van der Waals surface area (Å²) in [6.07, 6.45) is 3.66. The van der Waals surface area contributed by atoms with Gasteiger partial charge < -0.3 is 9.64 Å². The maximum absolute atomic E-state index is 6.02. The van der Waals surface area contributed by atoms with Gasteiger partial charge in [-0.15, -0.1) is 24.8 Å². The Hall–Kier alpha value is -2.15. The number of allylic oxidation sites excluding steroid dienone is 1. The van der Waals surface area contributed by atoms with Crippen molar-refractivity contribution >= 4 is 30.6 Å². The van der Waals surface area contributed by atoms with Gasteiger partial charge in [-0.05, 0) is 38.5 Å². The van der Waals surface area contributed by atoms with Crippen LogP contribution in [0.3, 0.4) is 0 Å². The molecular weight excluding hydrogens is 379 g/mol. The zero-order valence-electron chi connectivity index (χ0n) is 16.3. The minimum Gasteiger partial charge on any atom is -0.491 e. The highest BCUT2D eigenvalue weighted by Crippen LogP contribution is 2.13. The van der Waals surface area contributed by atoms with E-state index in [1.807, 2.05) is 49.5 Å². The summed E-state index contributed by atoms with van der Waals surface area (Å²) in [4.78, 5) is 6.43. The van der Waals surface area contributed by atoms with Crippen LogP contribution in [0.25, 0.3) is 0 Å². The Morgan fingerprint density at radius 2 is 1.74 bits per heavy atom. The second-order valence-electron chi connectivity index (χ2n) is 6.95. The molecule has 2 rings (SSSR count). The molecule has 0 atom stereocenters. The number of benzene rings is 1. The van der Waals surface area contributed by atoms with Gasteiger partial charge >= 0.3 is 0 Å². The van der Waals surface area contributed by atoms with Gasteiger partial charge in [-0.3, -0.25) is 0 Å². The molecule has 0 aliphatic carbocycles. The maximum atomic E-state index is 6.02. The van der Waals surface area contributed by atoms with Crippen LogP contribution < -0.4 is 4.90 Å². The number of hydrogen-bond donors (Lipinski definition) is 0. The first kappa shape index (κ1) is 24.8. The van der Waals surface area contributed by atoms with Crippen LogP contribution in [0.15, 0.2) is 66.6 Å². The largest absolute Gasteiger partial charge is 0.491 e. The number of likely N-dealkylation sites (N-methyl/N-ethyl adjacent to an activating group) is 1. The zero-order valence-corrected chi connectivity index (χ0v) is 17.9. The van der Waals surface area contributed by atoms with E-state index in [4.69, 9.17) is 4.74 Å². The lowest BCUT2D eigenvalue weighted by atomic mass is 9.98. The fourth-order valence-electron chi connectivity index (χ4n) is 2.11. The SMILES string of the molecule is CN(C/C(=C\C#CC(C)(C)C)OCc1ccccc1)c1ccccn1.Cl.Cl. The number of halogens is 2. The van der Waals surface area contributed by atoms with Crippen molar-refractivity contribution in [1.29, 1.82) is 0 Å². The van der Waals surface area contributed by atoms with Crippen molar-refractivity contribution in [3.63, 3.8) is 0 Å². The minimum atomic E-state index is -0.0338. The summed E-state index contributed by atoms with van der Waals surface area (Å²) < 4.78 is 6.02. The molecule has 0 saturated carbocycles. The molecule has 5 heteroatoms. The van der Waals surface area contributed by atoms with E-state index in [0.717, 1.165) is 17.1 Å². The summed E-state index contributed by atoms with van der Waals surface area (Å²) in [5, 5.41) is 0. The summed E-state index contributed by atoms with van der Waals surface area (Å²) in [6, 6.07) is 16.0. The van der Waals surface area contributed by atoms with Crippen LogP contribution in [0.5, 0.6) is 0 Å². The lowest BCUT2D eigenvalue weighted by Crippen LogP contribution is -2.22. The van der Waals surface area contributed by atoms with Crippen LogP contribution in [-0.2, 0) is 11.3 Å². The third-order valence-corrected chi connectivity index (χ3v) is 3.38. The van der Waals surface area contributed by atoms with Crippen LogP contribution in [0.2, 0.25) is 0 Å². The molecule has 1 aromatic heterocycles. The normalized spacial score (nSPS) is 10.6. The summed E-state index contributed by atoms with van der Waals surface area (Å²) in [6.45, 7) is 7.43. The van der Waals surface area contributed by atoms with E-state index in [0.29, 0.717) is 13.2 Å². The average molecular weight is 407 g/mol. The minimum absolute atomic E-state index is 0. The molecule has 0 saturated heterocycles. The van der Waals surface area contributed by atoms with E-state index in [-0.39, 0.29) is 30.2 Å². The van der Waals surface area contributed by atoms with Crippen LogP contribution in [-0.4, -0.2) is 18.6 Å². The van der Waals surface area contributed by atoms with Gasteiger partial charge in [-0.1, -0.05) is 48.2 Å². The first-order valence-electron chi connectivity index (χ1n) is 8.45. The van der Waals surface area contributed by atoms with Crippen LogP contribution in [0.4, 0.5) is 5.82 Å². The molecule has 2 aromatic rings. The fraction of sp³-hybridized carbons (Fsp3) is 0.318. The Balaban J connectivity index is 0.00000338. The number of anilines is 1. The number of aromatic nitrogens is 1. The third-order valence-electron chi connectivity index (χ3n) is 3.38. The first-order chi connectivity index (χ1) is 11.9. The van der Waals surface area contributed by atoms with E-state index >= 15 is 0 Å². The highest BCUT2D eigenvalue weighted by Gasteiger charge is 2.07. The molecule has 0 bridgehead atoms. The van der Waals surface area contributed by atoms with Crippen LogP contribution >= 0.6 is 24.8 Å². The van der Waals surface area contributed by atoms with E-state index < -0.39 is 0 Å². The van der Waals surface area contributed by atoms with E-state index in [1.54, 1.807) is 6.20 Å². The predicted octanol–water partition coefficient (Wildman–Crippen LogP) is 5.51. The van der Waals surface area contributed by atoms with Gasteiger partial charge in [0.05, 0.1) is 6.54 Å². The highest BCUT2D eigenvalue weighted by atomic mass is 35.5. The molecule has 0 unspecified atom stereocenters. The van der Waals surface area contributed by atoms with Crippen LogP contribution in [0, 0.1) is 17.3 Å². The number of ether oxygens (including phenoxy) is 1. The molecule has 0 spiro atoms. The quantitative estimate of drug-likeness (QED) is 0.466.